The van der Waals surface area contributed by atoms with Gasteiger partial charge in [-0.05, 0) is 86.4 Å². The Kier molecular flexibility index (Phi) is 5.86. The van der Waals surface area contributed by atoms with Crippen molar-refractivity contribution >= 4 is 11.6 Å². The lowest BCUT2D eigenvalue weighted by Gasteiger charge is -2.43. The summed E-state index contributed by atoms with van der Waals surface area (Å²) in [5.41, 5.74) is 3.68. The van der Waals surface area contributed by atoms with Crippen molar-refractivity contribution in [1.82, 2.24) is 24.6 Å². The van der Waals surface area contributed by atoms with Crippen LogP contribution in [-0.2, 0) is 17.2 Å². The van der Waals surface area contributed by atoms with Crippen molar-refractivity contribution in [3.8, 4) is 0 Å². The van der Waals surface area contributed by atoms with Gasteiger partial charge in [-0.25, -0.2) is 9.37 Å². The first kappa shape index (κ1) is 24.8. The summed E-state index contributed by atoms with van der Waals surface area (Å²) in [7, 11) is 1.73. The van der Waals surface area contributed by atoms with Gasteiger partial charge in [-0.2, -0.15) is 0 Å². The Bertz CT molecular complexity index is 1410. The monoisotopic (exact) mass is 530 g/mol. The number of benzene rings is 1. The lowest BCUT2D eigenvalue weighted by molar-refractivity contribution is -0.102. The zero-order valence-corrected chi connectivity index (χ0v) is 22.6. The number of carbonyl (C=O) groups excluding carboxylic acids is 1. The molecule has 2 saturated carbocycles. The number of pyridine rings is 1. The van der Waals surface area contributed by atoms with E-state index in [2.05, 4.69) is 33.4 Å². The number of hydrogen-bond donors (Lipinski definition) is 1. The Morgan fingerprint density at radius 3 is 2.64 bits per heavy atom. The summed E-state index contributed by atoms with van der Waals surface area (Å²) < 4.78 is 22.9. The normalized spacial score (nSPS) is 22.8. The van der Waals surface area contributed by atoms with Crippen molar-refractivity contribution in [3.63, 3.8) is 0 Å². The number of aryl methyl sites for hydroxylation is 1. The smallest absolute Gasteiger partial charge is 0.274 e. The minimum atomic E-state index is -1.38. The third-order valence-corrected chi connectivity index (χ3v) is 9.42. The highest BCUT2D eigenvalue weighted by atomic mass is 19.1. The maximum absolute atomic E-state index is 15.8. The number of halogens is 1. The van der Waals surface area contributed by atoms with Crippen LogP contribution >= 0.6 is 0 Å². The van der Waals surface area contributed by atoms with Gasteiger partial charge in [0.2, 0.25) is 0 Å². The number of amides is 1. The molecule has 2 aliphatic heterocycles. The molecule has 39 heavy (non-hydrogen) atoms. The molecular formula is C30H35FN6O2. The summed E-state index contributed by atoms with van der Waals surface area (Å²) in [6, 6.07) is 11.8. The van der Waals surface area contributed by atoms with Gasteiger partial charge in [-0.3, -0.25) is 9.69 Å². The number of likely N-dealkylation sites (tertiary alicyclic amines) is 1. The van der Waals surface area contributed by atoms with Gasteiger partial charge < -0.3 is 14.6 Å². The maximum Gasteiger partial charge on any atom is 0.274 e. The molecule has 1 N–H and O–H groups in total. The van der Waals surface area contributed by atoms with Gasteiger partial charge in [0.05, 0.1) is 18.6 Å². The predicted molar refractivity (Wildman–Crippen MR) is 144 cm³/mol. The van der Waals surface area contributed by atoms with Crippen LogP contribution in [0.1, 0.15) is 90.3 Å². The van der Waals surface area contributed by atoms with Crippen LogP contribution in [0.25, 0.3) is 0 Å². The molecule has 2 saturated heterocycles. The zero-order valence-electron chi connectivity index (χ0n) is 22.6. The van der Waals surface area contributed by atoms with E-state index in [9.17, 15) is 4.79 Å². The average Bonchev–Trinajstić information content (AvgIpc) is 3.81. The number of anilines is 1. The predicted octanol–water partition coefficient (Wildman–Crippen LogP) is 4.87. The lowest BCUT2D eigenvalue weighted by Crippen LogP contribution is -2.50. The molecule has 2 atom stereocenters. The van der Waals surface area contributed by atoms with E-state index in [1.54, 1.807) is 11.6 Å². The van der Waals surface area contributed by atoms with Gasteiger partial charge in [-0.15, -0.1) is 10.2 Å². The molecule has 2 aromatic heterocycles. The molecule has 1 aromatic carbocycles. The quantitative estimate of drug-likeness (QED) is 0.448. The second kappa shape index (κ2) is 9.20. The molecule has 2 aliphatic carbocycles. The molecule has 204 valence electrons. The van der Waals surface area contributed by atoms with Crippen LogP contribution in [0, 0.1) is 5.41 Å². The Balaban J connectivity index is 1.13. The van der Waals surface area contributed by atoms with Gasteiger partial charge >= 0.3 is 0 Å². The van der Waals surface area contributed by atoms with Crippen LogP contribution in [0.2, 0.25) is 0 Å². The van der Waals surface area contributed by atoms with Crippen molar-refractivity contribution in [1.29, 1.82) is 0 Å². The Labute approximate surface area is 228 Å². The van der Waals surface area contributed by atoms with Crippen molar-refractivity contribution in [2.75, 3.05) is 31.6 Å². The molecule has 9 heteroatoms. The van der Waals surface area contributed by atoms with E-state index >= 15 is 4.39 Å². The van der Waals surface area contributed by atoms with E-state index in [0.717, 1.165) is 42.8 Å². The molecule has 3 aromatic rings. The molecule has 0 bridgehead atoms. The van der Waals surface area contributed by atoms with Crippen molar-refractivity contribution in [3.05, 3.63) is 71.1 Å². The van der Waals surface area contributed by atoms with E-state index in [4.69, 9.17) is 9.72 Å². The number of hydrogen-bond acceptors (Lipinski definition) is 6. The van der Waals surface area contributed by atoms with E-state index in [-0.39, 0.29) is 31.0 Å². The van der Waals surface area contributed by atoms with Crippen LogP contribution in [0.15, 0.2) is 42.7 Å². The molecule has 0 radical (unpaired) electrons. The topological polar surface area (TPSA) is 85.2 Å². The zero-order chi connectivity index (χ0) is 26.8. The van der Waals surface area contributed by atoms with Gasteiger partial charge in [-0.1, -0.05) is 12.1 Å². The third kappa shape index (κ3) is 4.45. The van der Waals surface area contributed by atoms with Crippen LogP contribution in [-0.4, -0.2) is 56.9 Å². The highest BCUT2D eigenvalue weighted by molar-refractivity contribution is 6.03. The fourth-order valence-corrected chi connectivity index (χ4v) is 6.27. The molecule has 1 spiro atoms. The van der Waals surface area contributed by atoms with Crippen LogP contribution in [0.5, 0.6) is 0 Å². The molecule has 1 amide bonds. The van der Waals surface area contributed by atoms with Crippen LogP contribution in [0.3, 0.4) is 0 Å². The minimum absolute atomic E-state index is 0.239. The Morgan fingerprint density at radius 2 is 2.00 bits per heavy atom. The Morgan fingerprint density at radius 1 is 1.18 bits per heavy atom. The first-order valence-corrected chi connectivity index (χ1v) is 14.1. The van der Waals surface area contributed by atoms with Crippen molar-refractivity contribution in [2.45, 2.75) is 62.6 Å². The first-order valence-electron chi connectivity index (χ1n) is 14.1. The number of carbonyl (C=O) groups is 1. The fourth-order valence-electron chi connectivity index (χ4n) is 6.27. The molecule has 4 fully saturated rings. The minimum Gasteiger partial charge on any atom is -0.379 e. The number of rotatable bonds is 8. The van der Waals surface area contributed by atoms with Crippen LogP contribution in [0.4, 0.5) is 10.1 Å². The summed E-state index contributed by atoms with van der Waals surface area (Å²) in [5, 5.41) is 10.9. The van der Waals surface area contributed by atoms with Gasteiger partial charge in [0.15, 0.2) is 12.0 Å². The highest BCUT2D eigenvalue weighted by Crippen LogP contribution is 2.54. The van der Waals surface area contributed by atoms with Crippen molar-refractivity contribution in [2.24, 2.45) is 12.5 Å². The summed E-state index contributed by atoms with van der Waals surface area (Å²) >= 11 is 0. The summed E-state index contributed by atoms with van der Waals surface area (Å²) in [6.45, 7) is 5.00. The molecule has 1 unspecified atom stereocenters. The molecule has 7 rings (SSSR count). The van der Waals surface area contributed by atoms with Crippen molar-refractivity contribution < 1.29 is 13.9 Å². The fraction of sp³-hybridized carbons (Fsp3) is 0.533. The second-order valence-electron chi connectivity index (χ2n) is 12.2. The Hall–Kier alpha value is -3.17. The second-order valence-corrected chi connectivity index (χ2v) is 12.2. The SMILES string of the molecule is CC(c1cc(C(=O)Nc2cccc(C3([C@H](F)c4nncn4C)COC3)c2)nc(C2CC2)c1)N1CCC2(CC2)C1. The largest absolute Gasteiger partial charge is 0.379 e. The summed E-state index contributed by atoms with van der Waals surface area (Å²) in [4.78, 5) is 20.9. The van der Waals surface area contributed by atoms with E-state index in [1.165, 1.54) is 25.6 Å². The summed E-state index contributed by atoms with van der Waals surface area (Å²) in [6.07, 6.45) is 6.35. The summed E-state index contributed by atoms with van der Waals surface area (Å²) in [5.74, 6) is 0.467. The van der Waals surface area contributed by atoms with Gasteiger partial charge in [0.25, 0.3) is 5.91 Å². The molecule has 8 nitrogen and oxygen atoms in total. The highest BCUT2D eigenvalue weighted by Gasteiger charge is 2.51. The standard InChI is InChI=1S/C30H35FN6O2/c1-19(37-11-10-29(15-37)8-9-29)21-12-24(20-6-7-20)34-25(13-21)28(38)33-23-5-3-4-22(14-23)30(16-39-17-30)26(31)27-35-32-18-36(27)2/h3-5,12-14,18-20,26H,6-11,15-17H2,1-2H3,(H,33,38)/t19?,26-/m1/s1. The molecule has 4 heterocycles. The molecule has 4 aliphatic rings. The number of aromatic nitrogens is 4. The average molecular weight is 531 g/mol. The van der Waals surface area contributed by atoms with E-state index in [0.29, 0.717) is 22.7 Å². The van der Waals surface area contributed by atoms with Gasteiger partial charge in [0, 0.05) is 36.9 Å². The number of nitrogens with zero attached hydrogens (tertiary/aromatic N) is 5. The molecular weight excluding hydrogens is 495 g/mol. The van der Waals surface area contributed by atoms with E-state index < -0.39 is 11.6 Å². The lowest BCUT2D eigenvalue weighted by atomic mass is 9.74. The van der Waals surface area contributed by atoms with Crippen LogP contribution < -0.4 is 5.32 Å². The maximum atomic E-state index is 15.8. The van der Waals surface area contributed by atoms with E-state index in [1.807, 2.05) is 30.3 Å². The third-order valence-electron chi connectivity index (χ3n) is 9.42. The number of nitrogens with one attached hydrogen (secondary N) is 1. The number of ether oxygens (including phenoxy) is 1. The first-order chi connectivity index (χ1) is 18.9. The van der Waals surface area contributed by atoms with Gasteiger partial charge in [0.1, 0.15) is 12.0 Å². The number of alkyl halides is 1.